The average molecular weight is 211 g/mol. The SMILES string of the molecule is CC(=CCCCCCCN=[N+]=N)C(=O)[O-]. The average Bonchev–Trinajstić information content (AvgIpc) is 2.21. The van der Waals surface area contributed by atoms with Gasteiger partial charge in [0.15, 0.2) is 0 Å². The molecule has 5 heteroatoms. The Morgan fingerprint density at radius 3 is 2.67 bits per heavy atom. The molecule has 0 aliphatic carbocycles. The van der Waals surface area contributed by atoms with Crippen LogP contribution >= 0.6 is 0 Å². The van der Waals surface area contributed by atoms with E-state index in [1.807, 2.05) is 0 Å². The van der Waals surface area contributed by atoms with Gasteiger partial charge in [-0.2, -0.15) is 0 Å². The third kappa shape index (κ3) is 8.84. The molecule has 0 unspecified atom stereocenters. The first-order chi connectivity index (χ1) is 7.18. The van der Waals surface area contributed by atoms with Crippen molar-refractivity contribution in [2.45, 2.75) is 39.0 Å². The number of aliphatic carboxylic acids is 1. The Morgan fingerprint density at radius 1 is 1.40 bits per heavy atom. The summed E-state index contributed by atoms with van der Waals surface area (Å²) in [6.07, 6.45) is 6.47. The second-order valence-corrected chi connectivity index (χ2v) is 3.34. The van der Waals surface area contributed by atoms with Crippen LogP contribution < -0.4 is 10.0 Å². The number of allylic oxidation sites excluding steroid dienone is 1. The van der Waals surface area contributed by atoms with Crippen molar-refractivity contribution in [1.29, 1.82) is 5.53 Å². The third-order valence-electron chi connectivity index (χ3n) is 2.06. The molecule has 0 aromatic carbocycles. The van der Waals surface area contributed by atoms with Crippen LogP contribution in [-0.4, -0.2) is 12.5 Å². The molecule has 0 aromatic rings. The van der Waals surface area contributed by atoms with Gasteiger partial charge in [-0.25, -0.2) is 0 Å². The molecule has 15 heavy (non-hydrogen) atoms. The van der Waals surface area contributed by atoms with Crippen LogP contribution in [-0.2, 0) is 4.79 Å². The van der Waals surface area contributed by atoms with E-state index in [-0.39, 0.29) is 0 Å². The van der Waals surface area contributed by atoms with Crippen molar-refractivity contribution in [3.63, 3.8) is 0 Å². The highest BCUT2D eigenvalue weighted by Crippen LogP contribution is 2.05. The van der Waals surface area contributed by atoms with E-state index in [1.54, 1.807) is 13.0 Å². The molecule has 0 heterocycles. The first-order valence-electron chi connectivity index (χ1n) is 5.10. The van der Waals surface area contributed by atoms with Gasteiger partial charge in [-0.15, -0.1) is 0 Å². The smallest absolute Gasteiger partial charge is 0.214 e. The first-order valence-corrected chi connectivity index (χ1v) is 5.10. The number of rotatable bonds is 8. The molecule has 0 radical (unpaired) electrons. The zero-order chi connectivity index (χ0) is 11.5. The molecule has 0 aliphatic heterocycles. The fourth-order valence-electron chi connectivity index (χ4n) is 1.13. The number of hydrogen-bond donors (Lipinski definition) is 1. The number of carboxylic acid groups (broad SMARTS) is 1. The van der Waals surface area contributed by atoms with Crippen LogP contribution in [0.15, 0.2) is 16.8 Å². The van der Waals surface area contributed by atoms with Gasteiger partial charge in [-0.05, 0) is 31.8 Å². The Labute approximate surface area is 89.4 Å². The number of carbonyl (C=O) groups excluding carboxylic acids is 1. The molecule has 0 saturated heterocycles. The molecule has 0 aromatic heterocycles. The molecule has 5 nitrogen and oxygen atoms in total. The van der Waals surface area contributed by atoms with Crippen molar-refractivity contribution in [1.82, 2.24) is 4.91 Å². The summed E-state index contributed by atoms with van der Waals surface area (Å²) in [7, 11) is 0. The summed E-state index contributed by atoms with van der Waals surface area (Å²) in [5.74, 6) is -1.09. The first kappa shape index (κ1) is 13.5. The van der Waals surface area contributed by atoms with Crippen molar-refractivity contribution < 1.29 is 9.90 Å². The minimum absolute atomic E-state index is 0.304. The topological polar surface area (TPSA) is 90.4 Å². The van der Waals surface area contributed by atoms with E-state index in [0.717, 1.165) is 32.1 Å². The van der Waals surface area contributed by atoms with Crippen LogP contribution in [0.2, 0.25) is 0 Å². The largest absolute Gasteiger partial charge is 0.545 e. The zero-order valence-electron chi connectivity index (χ0n) is 9.03. The van der Waals surface area contributed by atoms with Gasteiger partial charge in [0.2, 0.25) is 4.91 Å². The second-order valence-electron chi connectivity index (χ2n) is 3.34. The van der Waals surface area contributed by atoms with Crippen LogP contribution in [0.1, 0.15) is 39.0 Å². The monoisotopic (exact) mass is 211 g/mol. The molecule has 0 saturated carbocycles. The summed E-state index contributed by atoms with van der Waals surface area (Å²) in [6.45, 7) is 2.15. The fourth-order valence-corrected chi connectivity index (χ4v) is 1.13. The summed E-state index contributed by atoms with van der Waals surface area (Å²) in [5.41, 5.74) is 6.73. The lowest BCUT2D eigenvalue weighted by molar-refractivity contribution is -0.299. The van der Waals surface area contributed by atoms with Gasteiger partial charge in [0.25, 0.3) is 0 Å². The number of carbonyl (C=O) groups is 1. The standard InChI is InChI=1S/C10H17N3O2/c1-9(10(14)15)7-5-3-2-4-6-8-12-13-11/h7,11H,2-6,8H2,1H3. The highest BCUT2D eigenvalue weighted by Gasteiger charge is 1.92. The Hall–Kier alpha value is -1.48. The van der Waals surface area contributed by atoms with Gasteiger partial charge in [-0.3, -0.25) is 0 Å². The van der Waals surface area contributed by atoms with Gasteiger partial charge in [0.1, 0.15) is 17.2 Å². The van der Waals surface area contributed by atoms with Crippen LogP contribution in [0.4, 0.5) is 0 Å². The molecule has 0 fully saturated rings. The zero-order valence-corrected chi connectivity index (χ0v) is 9.03. The van der Waals surface area contributed by atoms with E-state index < -0.39 is 5.97 Å². The second kappa shape index (κ2) is 9.09. The lowest BCUT2D eigenvalue weighted by atomic mass is 10.1. The molecule has 84 valence electrons. The van der Waals surface area contributed by atoms with E-state index in [9.17, 15) is 9.90 Å². The van der Waals surface area contributed by atoms with E-state index in [2.05, 4.69) is 10.0 Å². The maximum Gasteiger partial charge on any atom is 0.214 e. The molecule has 0 bridgehead atoms. The summed E-state index contributed by atoms with van der Waals surface area (Å²) >= 11 is 0. The number of hydrogen-bond acceptors (Lipinski definition) is 4. The van der Waals surface area contributed by atoms with Gasteiger partial charge in [0.05, 0.1) is 5.97 Å². The normalized spacial score (nSPS) is 10.9. The molecule has 0 rings (SSSR count). The highest BCUT2D eigenvalue weighted by atomic mass is 16.4. The van der Waals surface area contributed by atoms with E-state index in [4.69, 9.17) is 5.53 Å². The van der Waals surface area contributed by atoms with Gasteiger partial charge >= 0.3 is 0 Å². The van der Waals surface area contributed by atoms with Gasteiger partial charge in [0, 0.05) is 0 Å². The number of carboxylic acids is 1. The van der Waals surface area contributed by atoms with Crippen molar-refractivity contribution >= 4 is 5.97 Å². The summed E-state index contributed by atoms with van der Waals surface area (Å²) in [4.78, 5) is 13.2. The molecule has 0 spiro atoms. The van der Waals surface area contributed by atoms with Gasteiger partial charge in [-0.1, -0.05) is 18.9 Å². The Bertz CT molecular complexity index is 268. The maximum absolute atomic E-state index is 10.3. The van der Waals surface area contributed by atoms with E-state index >= 15 is 0 Å². The Kier molecular flexibility index (Phi) is 8.19. The predicted octanol–water partition coefficient (Wildman–Crippen LogP) is 1.18. The summed E-state index contributed by atoms with van der Waals surface area (Å²) in [5, 5.41) is 13.9. The summed E-state index contributed by atoms with van der Waals surface area (Å²) < 4.78 is 0. The molecule has 1 N–H and O–H groups in total. The summed E-state index contributed by atoms with van der Waals surface area (Å²) in [6, 6.07) is 0. The van der Waals surface area contributed by atoms with Crippen molar-refractivity contribution in [3.8, 4) is 0 Å². The molecule has 0 amide bonds. The lowest BCUT2D eigenvalue weighted by Gasteiger charge is -2.01. The van der Waals surface area contributed by atoms with Crippen molar-refractivity contribution in [2.75, 3.05) is 6.54 Å². The quantitative estimate of drug-likeness (QED) is 0.282. The van der Waals surface area contributed by atoms with Crippen LogP contribution in [0.25, 0.3) is 0 Å². The lowest BCUT2D eigenvalue weighted by Crippen LogP contribution is -2.22. The molecular weight excluding hydrogens is 194 g/mol. The van der Waals surface area contributed by atoms with Crippen molar-refractivity contribution in [3.05, 3.63) is 11.6 Å². The van der Waals surface area contributed by atoms with E-state index in [1.165, 1.54) is 0 Å². The third-order valence-corrected chi connectivity index (χ3v) is 2.06. The minimum atomic E-state index is -1.09. The maximum atomic E-state index is 10.3. The van der Waals surface area contributed by atoms with Crippen LogP contribution in [0, 0.1) is 5.53 Å². The molecule has 0 atom stereocenters. The fraction of sp³-hybridized carbons (Fsp3) is 0.700. The minimum Gasteiger partial charge on any atom is -0.545 e. The Morgan fingerprint density at radius 2 is 2.07 bits per heavy atom. The van der Waals surface area contributed by atoms with Gasteiger partial charge < -0.3 is 9.90 Å². The number of unbranched alkanes of at least 4 members (excludes halogenated alkanes) is 4. The predicted molar refractivity (Wildman–Crippen MR) is 54.0 cm³/mol. The van der Waals surface area contributed by atoms with E-state index in [0.29, 0.717) is 12.1 Å². The molecular formula is C10H17N3O2. The van der Waals surface area contributed by atoms with Crippen LogP contribution in [0.3, 0.4) is 0 Å². The number of nitrogens with zero attached hydrogens (tertiary/aromatic N) is 2. The Balaban J connectivity index is 3.35. The van der Waals surface area contributed by atoms with Crippen LogP contribution in [0.5, 0.6) is 0 Å². The highest BCUT2D eigenvalue weighted by molar-refractivity contribution is 5.83. The van der Waals surface area contributed by atoms with Crippen molar-refractivity contribution in [2.24, 2.45) is 5.11 Å². The molecule has 0 aliphatic rings. The number of nitrogens with one attached hydrogen (secondary N) is 1.